The molecule has 0 aromatic heterocycles. The van der Waals surface area contributed by atoms with Crippen LogP contribution in [0, 0.1) is 5.92 Å². The second-order valence-electron chi connectivity index (χ2n) is 6.26. The fraction of sp³-hybridized carbons (Fsp3) is 0.588. The van der Waals surface area contributed by atoms with Crippen molar-refractivity contribution in [3.05, 3.63) is 18.2 Å². The first kappa shape index (κ1) is 16.6. The summed E-state index contributed by atoms with van der Waals surface area (Å²) in [5.74, 6) is 0.920. The largest absolute Gasteiger partial charge is 0.508 e. The van der Waals surface area contributed by atoms with Crippen LogP contribution in [-0.4, -0.2) is 54.5 Å². The number of carbonyl (C=O) groups excluding carboxylic acids is 1. The van der Waals surface area contributed by atoms with Crippen molar-refractivity contribution < 1.29 is 14.6 Å². The Hall–Kier alpha value is -1.24. The minimum Gasteiger partial charge on any atom is -0.508 e. The number of carbonyl (C=O) groups is 1. The average molecular weight is 336 g/mol. The molecular formula is C17H24N2O3S. The SMILES string of the molecule is CSc1cc(O)ccc1NC(=O)[C@H]1COCCN1CC1CCC1. The Bertz CT molecular complexity index is 563. The molecule has 1 amide bonds. The Kier molecular flexibility index (Phi) is 5.46. The second kappa shape index (κ2) is 7.55. The van der Waals surface area contributed by atoms with Crippen LogP contribution in [0.1, 0.15) is 19.3 Å². The van der Waals surface area contributed by atoms with Gasteiger partial charge in [0, 0.05) is 18.0 Å². The number of hydrogen-bond acceptors (Lipinski definition) is 5. The van der Waals surface area contributed by atoms with Crippen LogP contribution < -0.4 is 5.32 Å². The Labute approximate surface area is 141 Å². The fourth-order valence-electron chi connectivity index (χ4n) is 3.10. The molecule has 23 heavy (non-hydrogen) atoms. The van der Waals surface area contributed by atoms with Crippen molar-refractivity contribution in [3.63, 3.8) is 0 Å². The monoisotopic (exact) mass is 336 g/mol. The summed E-state index contributed by atoms with van der Waals surface area (Å²) in [5.41, 5.74) is 0.745. The lowest BCUT2D eigenvalue weighted by molar-refractivity contribution is -0.128. The molecule has 5 nitrogen and oxygen atoms in total. The maximum atomic E-state index is 12.7. The van der Waals surface area contributed by atoms with Crippen LogP contribution in [0.25, 0.3) is 0 Å². The van der Waals surface area contributed by atoms with Crippen molar-refractivity contribution in [1.82, 2.24) is 4.90 Å². The minimum absolute atomic E-state index is 0.0231. The molecule has 2 aliphatic rings. The van der Waals surface area contributed by atoms with E-state index in [1.807, 2.05) is 6.26 Å². The molecule has 2 N–H and O–H groups in total. The number of anilines is 1. The zero-order chi connectivity index (χ0) is 16.2. The molecule has 1 saturated carbocycles. The van der Waals surface area contributed by atoms with Crippen LogP contribution in [0.3, 0.4) is 0 Å². The smallest absolute Gasteiger partial charge is 0.244 e. The molecule has 1 aliphatic carbocycles. The summed E-state index contributed by atoms with van der Waals surface area (Å²) in [6.07, 6.45) is 5.80. The van der Waals surface area contributed by atoms with Gasteiger partial charge in [0.25, 0.3) is 0 Å². The third kappa shape index (κ3) is 4.00. The highest BCUT2D eigenvalue weighted by molar-refractivity contribution is 7.98. The summed E-state index contributed by atoms with van der Waals surface area (Å²) in [4.78, 5) is 15.8. The van der Waals surface area contributed by atoms with E-state index in [-0.39, 0.29) is 17.7 Å². The highest BCUT2D eigenvalue weighted by Gasteiger charge is 2.32. The fourth-order valence-corrected chi connectivity index (χ4v) is 3.68. The van der Waals surface area contributed by atoms with E-state index in [0.717, 1.165) is 29.6 Å². The topological polar surface area (TPSA) is 61.8 Å². The Morgan fingerprint density at radius 3 is 3.00 bits per heavy atom. The number of aromatic hydroxyl groups is 1. The van der Waals surface area contributed by atoms with Crippen molar-refractivity contribution in [1.29, 1.82) is 0 Å². The molecule has 1 aromatic rings. The molecule has 0 unspecified atom stereocenters. The average Bonchev–Trinajstić information content (AvgIpc) is 2.53. The third-order valence-electron chi connectivity index (χ3n) is 4.70. The van der Waals surface area contributed by atoms with E-state index in [2.05, 4.69) is 10.2 Å². The molecule has 0 bridgehead atoms. The number of phenols is 1. The summed E-state index contributed by atoms with van der Waals surface area (Å²) in [6, 6.07) is 4.79. The van der Waals surface area contributed by atoms with Crippen molar-refractivity contribution in [2.75, 3.05) is 37.9 Å². The van der Waals surface area contributed by atoms with Gasteiger partial charge in [-0.05, 0) is 43.2 Å². The summed E-state index contributed by atoms with van der Waals surface area (Å²) >= 11 is 1.50. The van der Waals surface area contributed by atoms with E-state index in [1.165, 1.54) is 31.0 Å². The van der Waals surface area contributed by atoms with Crippen LogP contribution in [0.15, 0.2) is 23.1 Å². The number of phenolic OH excluding ortho intramolecular Hbond substituents is 1. The Balaban J connectivity index is 1.67. The molecule has 1 aliphatic heterocycles. The van der Waals surface area contributed by atoms with E-state index in [1.54, 1.807) is 18.2 Å². The van der Waals surface area contributed by atoms with Crippen molar-refractivity contribution in [2.45, 2.75) is 30.2 Å². The number of nitrogens with one attached hydrogen (secondary N) is 1. The number of thioether (sulfide) groups is 1. The van der Waals surface area contributed by atoms with Gasteiger partial charge in [0.1, 0.15) is 11.8 Å². The molecular weight excluding hydrogens is 312 g/mol. The van der Waals surface area contributed by atoms with Crippen LogP contribution in [0.4, 0.5) is 5.69 Å². The number of benzene rings is 1. The first-order chi connectivity index (χ1) is 11.2. The Morgan fingerprint density at radius 2 is 2.30 bits per heavy atom. The zero-order valence-electron chi connectivity index (χ0n) is 13.5. The molecule has 1 heterocycles. The lowest BCUT2D eigenvalue weighted by atomic mass is 9.84. The zero-order valence-corrected chi connectivity index (χ0v) is 14.3. The summed E-state index contributed by atoms with van der Waals surface area (Å²) in [5, 5.41) is 12.6. The molecule has 6 heteroatoms. The summed E-state index contributed by atoms with van der Waals surface area (Å²) in [6.45, 7) is 2.96. The lowest BCUT2D eigenvalue weighted by Crippen LogP contribution is -2.53. The van der Waals surface area contributed by atoms with Gasteiger partial charge >= 0.3 is 0 Å². The first-order valence-electron chi connectivity index (χ1n) is 8.17. The number of nitrogens with zero attached hydrogens (tertiary/aromatic N) is 1. The van der Waals surface area contributed by atoms with E-state index >= 15 is 0 Å². The van der Waals surface area contributed by atoms with Gasteiger partial charge in [0.05, 0.1) is 18.9 Å². The number of amides is 1. The van der Waals surface area contributed by atoms with Crippen LogP contribution in [0.2, 0.25) is 0 Å². The van der Waals surface area contributed by atoms with Gasteiger partial charge < -0.3 is 15.2 Å². The summed E-state index contributed by atoms with van der Waals surface area (Å²) in [7, 11) is 0. The number of hydrogen-bond donors (Lipinski definition) is 2. The van der Waals surface area contributed by atoms with E-state index in [0.29, 0.717) is 13.2 Å². The molecule has 1 saturated heterocycles. The highest BCUT2D eigenvalue weighted by Crippen LogP contribution is 2.30. The van der Waals surface area contributed by atoms with Crippen molar-refractivity contribution in [3.8, 4) is 5.75 Å². The van der Waals surface area contributed by atoms with Crippen LogP contribution in [0.5, 0.6) is 5.75 Å². The minimum atomic E-state index is -0.229. The maximum Gasteiger partial charge on any atom is 0.244 e. The van der Waals surface area contributed by atoms with Gasteiger partial charge in [-0.1, -0.05) is 6.42 Å². The van der Waals surface area contributed by atoms with E-state index in [9.17, 15) is 9.90 Å². The van der Waals surface area contributed by atoms with Crippen LogP contribution in [-0.2, 0) is 9.53 Å². The normalized spacial score (nSPS) is 22.6. The van der Waals surface area contributed by atoms with Gasteiger partial charge in [0.2, 0.25) is 5.91 Å². The molecule has 1 atom stereocenters. The van der Waals surface area contributed by atoms with Crippen molar-refractivity contribution >= 4 is 23.4 Å². The first-order valence-corrected chi connectivity index (χ1v) is 9.39. The number of rotatable bonds is 5. The quantitative estimate of drug-likeness (QED) is 0.639. The van der Waals surface area contributed by atoms with E-state index in [4.69, 9.17) is 4.74 Å². The van der Waals surface area contributed by atoms with Gasteiger partial charge in [-0.15, -0.1) is 11.8 Å². The predicted molar refractivity (Wildman–Crippen MR) is 92.0 cm³/mol. The predicted octanol–water partition coefficient (Wildman–Crippen LogP) is 2.55. The van der Waals surface area contributed by atoms with E-state index < -0.39 is 0 Å². The van der Waals surface area contributed by atoms with Gasteiger partial charge in [-0.25, -0.2) is 0 Å². The van der Waals surface area contributed by atoms with Crippen LogP contribution >= 0.6 is 11.8 Å². The molecule has 3 rings (SSSR count). The second-order valence-corrected chi connectivity index (χ2v) is 7.10. The molecule has 0 spiro atoms. The maximum absolute atomic E-state index is 12.7. The van der Waals surface area contributed by atoms with Crippen molar-refractivity contribution in [2.24, 2.45) is 5.92 Å². The molecule has 2 fully saturated rings. The third-order valence-corrected chi connectivity index (χ3v) is 5.48. The summed E-state index contributed by atoms with van der Waals surface area (Å²) < 4.78 is 5.53. The molecule has 0 radical (unpaired) electrons. The Morgan fingerprint density at radius 1 is 1.48 bits per heavy atom. The van der Waals surface area contributed by atoms with Gasteiger partial charge in [-0.3, -0.25) is 9.69 Å². The highest BCUT2D eigenvalue weighted by atomic mass is 32.2. The van der Waals surface area contributed by atoms with Gasteiger partial charge in [-0.2, -0.15) is 0 Å². The number of morpholine rings is 1. The molecule has 1 aromatic carbocycles. The lowest BCUT2D eigenvalue weighted by Gasteiger charge is -2.39. The number of ether oxygens (including phenoxy) is 1. The standard InChI is InChI=1S/C17H24N2O3S/c1-23-16-9-13(20)5-6-14(16)18-17(21)15-11-22-8-7-19(15)10-12-3-2-4-12/h5-6,9,12,15,20H,2-4,7-8,10-11H2,1H3,(H,18,21)/t15-/m1/s1. The molecule has 126 valence electrons. The van der Waals surface area contributed by atoms with Gasteiger partial charge in [0.15, 0.2) is 0 Å².